The Labute approximate surface area is 119 Å². The number of hydrogen-bond acceptors (Lipinski definition) is 5. The van der Waals surface area contributed by atoms with Crippen LogP contribution in [0.2, 0.25) is 5.02 Å². The zero-order valence-corrected chi connectivity index (χ0v) is 11.7. The van der Waals surface area contributed by atoms with Crippen LogP contribution in [0.15, 0.2) is 29.2 Å². The van der Waals surface area contributed by atoms with Gasteiger partial charge in [0.15, 0.2) is 5.82 Å². The number of nitrogens with one attached hydrogen (secondary N) is 2. The Balaban J connectivity index is 2.39. The fourth-order valence-corrected chi connectivity index (χ4v) is 2.66. The molecule has 0 spiro atoms. The van der Waals surface area contributed by atoms with Gasteiger partial charge in [0.1, 0.15) is 5.02 Å². The smallest absolute Gasteiger partial charge is 0.281 e. The van der Waals surface area contributed by atoms with E-state index in [-0.39, 0.29) is 15.7 Å². The van der Waals surface area contributed by atoms with E-state index < -0.39 is 20.6 Å². The predicted octanol–water partition coefficient (Wildman–Crippen LogP) is 2.08. The lowest BCUT2D eigenvalue weighted by atomic mass is 10.3. The Morgan fingerprint density at radius 1 is 1.40 bits per heavy atom. The van der Waals surface area contributed by atoms with Gasteiger partial charge in [0, 0.05) is 17.8 Å². The summed E-state index contributed by atoms with van der Waals surface area (Å²) in [5, 5.41) is 16.9. The monoisotopic (exact) mass is 316 g/mol. The van der Waals surface area contributed by atoms with Crippen LogP contribution in [0.4, 0.5) is 11.5 Å². The quantitative estimate of drug-likeness (QED) is 0.661. The molecule has 1 aromatic carbocycles. The highest BCUT2D eigenvalue weighted by Gasteiger charge is 2.21. The van der Waals surface area contributed by atoms with Gasteiger partial charge in [-0.15, -0.1) is 0 Å². The van der Waals surface area contributed by atoms with Crippen molar-refractivity contribution in [1.82, 2.24) is 10.2 Å². The number of rotatable bonds is 4. The molecule has 0 fully saturated rings. The summed E-state index contributed by atoms with van der Waals surface area (Å²) in [6.07, 6.45) is 0. The maximum absolute atomic E-state index is 12.1. The van der Waals surface area contributed by atoms with Crippen molar-refractivity contribution >= 4 is 33.1 Å². The molecule has 0 saturated carbocycles. The lowest BCUT2D eigenvalue weighted by molar-refractivity contribution is -0.384. The molecule has 1 aromatic heterocycles. The third kappa shape index (κ3) is 2.89. The second-order valence-electron chi connectivity index (χ2n) is 3.91. The Kier molecular flexibility index (Phi) is 3.64. The Morgan fingerprint density at radius 3 is 2.65 bits per heavy atom. The molecule has 0 unspecified atom stereocenters. The summed E-state index contributed by atoms with van der Waals surface area (Å²) in [7, 11) is -3.97. The molecular formula is C10H9ClN4O4S. The number of nitrogens with zero attached hydrogens (tertiary/aromatic N) is 2. The molecule has 0 atom stereocenters. The number of nitro groups is 1. The topological polar surface area (TPSA) is 118 Å². The van der Waals surface area contributed by atoms with Crippen LogP contribution in [-0.4, -0.2) is 23.5 Å². The number of sulfonamides is 1. The molecule has 0 aliphatic heterocycles. The Hall–Kier alpha value is -2.13. The third-order valence-electron chi connectivity index (χ3n) is 2.37. The summed E-state index contributed by atoms with van der Waals surface area (Å²) in [6.45, 7) is 1.71. The van der Waals surface area contributed by atoms with Crippen molar-refractivity contribution < 1.29 is 13.3 Å². The summed E-state index contributed by atoms with van der Waals surface area (Å²) in [4.78, 5) is 9.73. The average molecular weight is 317 g/mol. The maximum atomic E-state index is 12.1. The van der Waals surface area contributed by atoms with Gasteiger partial charge in [0.2, 0.25) is 0 Å². The number of hydrogen-bond donors (Lipinski definition) is 2. The largest absolute Gasteiger partial charge is 0.289 e. The number of aromatic amines is 1. The molecular weight excluding hydrogens is 308 g/mol. The van der Waals surface area contributed by atoms with Gasteiger partial charge in [0.05, 0.1) is 9.82 Å². The van der Waals surface area contributed by atoms with E-state index in [0.717, 1.165) is 12.1 Å². The molecule has 0 amide bonds. The number of anilines is 1. The van der Waals surface area contributed by atoms with E-state index >= 15 is 0 Å². The van der Waals surface area contributed by atoms with E-state index in [1.165, 1.54) is 12.1 Å². The molecule has 0 bridgehead atoms. The van der Waals surface area contributed by atoms with Crippen molar-refractivity contribution in [2.24, 2.45) is 0 Å². The van der Waals surface area contributed by atoms with E-state index in [2.05, 4.69) is 14.9 Å². The van der Waals surface area contributed by atoms with Crippen LogP contribution in [0.1, 0.15) is 5.69 Å². The first-order valence-electron chi connectivity index (χ1n) is 5.28. The normalized spacial score (nSPS) is 11.3. The molecule has 8 nitrogen and oxygen atoms in total. The first-order valence-corrected chi connectivity index (χ1v) is 7.14. The highest BCUT2D eigenvalue weighted by Crippen LogP contribution is 2.27. The number of benzene rings is 1. The van der Waals surface area contributed by atoms with Crippen LogP contribution < -0.4 is 4.72 Å². The molecule has 106 valence electrons. The zero-order chi connectivity index (χ0) is 14.9. The summed E-state index contributed by atoms with van der Waals surface area (Å²) < 4.78 is 26.3. The van der Waals surface area contributed by atoms with E-state index in [1.807, 2.05) is 0 Å². The Bertz CT molecular complexity index is 771. The number of aryl methyl sites for hydroxylation is 1. The minimum Gasteiger partial charge on any atom is -0.281 e. The van der Waals surface area contributed by atoms with Crippen molar-refractivity contribution in [2.45, 2.75) is 11.8 Å². The molecule has 2 rings (SSSR count). The third-order valence-corrected chi connectivity index (χ3v) is 4.04. The summed E-state index contributed by atoms with van der Waals surface area (Å²) in [5.74, 6) is 0.0973. The molecule has 2 aromatic rings. The van der Waals surface area contributed by atoms with Gasteiger partial charge < -0.3 is 0 Å². The highest BCUT2D eigenvalue weighted by atomic mass is 35.5. The van der Waals surface area contributed by atoms with E-state index in [9.17, 15) is 18.5 Å². The lowest BCUT2D eigenvalue weighted by Crippen LogP contribution is -2.13. The molecule has 10 heteroatoms. The van der Waals surface area contributed by atoms with Crippen LogP contribution in [0.25, 0.3) is 0 Å². The minimum absolute atomic E-state index is 0.0973. The van der Waals surface area contributed by atoms with Crippen LogP contribution >= 0.6 is 11.6 Å². The number of aromatic nitrogens is 2. The second kappa shape index (κ2) is 5.10. The molecule has 1 heterocycles. The molecule has 0 saturated heterocycles. The van der Waals surface area contributed by atoms with Gasteiger partial charge >= 0.3 is 0 Å². The van der Waals surface area contributed by atoms with Gasteiger partial charge in [-0.1, -0.05) is 11.6 Å². The van der Waals surface area contributed by atoms with Gasteiger partial charge in [-0.25, -0.2) is 8.42 Å². The molecule has 20 heavy (non-hydrogen) atoms. The number of halogens is 1. The fraction of sp³-hybridized carbons (Fsp3) is 0.100. The first kappa shape index (κ1) is 14.3. The molecule has 0 aliphatic rings. The van der Waals surface area contributed by atoms with Crippen molar-refractivity contribution in [3.05, 3.63) is 45.1 Å². The van der Waals surface area contributed by atoms with Crippen molar-refractivity contribution in [3.63, 3.8) is 0 Å². The first-order chi connectivity index (χ1) is 9.29. The number of H-pyrrole nitrogens is 1. The van der Waals surface area contributed by atoms with Crippen LogP contribution in [0, 0.1) is 17.0 Å². The highest BCUT2D eigenvalue weighted by molar-refractivity contribution is 7.92. The molecule has 0 aliphatic carbocycles. The van der Waals surface area contributed by atoms with Gasteiger partial charge in [-0.2, -0.15) is 5.10 Å². The van der Waals surface area contributed by atoms with E-state index in [0.29, 0.717) is 5.69 Å². The van der Waals surface area contributed by atoms with Crippen LogP contribution in [-0.2, 0) is 10.0 Å². The van der Waals surface area contributed by atoms with Gasteiger partial charge in [-0.3, -0.25) is 19.9 Å². The predicted molar refractivity (Wildman–Crippen MR) is 72.2 cm³/mol. The summed E-state index contributed by atoms with van der Waals surface area (Å²) in [6, 6.07) is 4.72. The maximum Gasteiger partial charge on any atom is 0.289 e. The minimum atomic E-state index is -3.97. The van der Waals surface area contributed by atoms with E-state index in [4.69, 9.17) is 11.6 Å². The van der Waals surface area contributed by atoms with Crippen LogP contribution in [0.5, 0.6) is 0 Å². The van der Waals surface area contributed by atoms with Crippen molar-refractivity contribution in [3.8, 4) is 0 Å². The second-order valence-corrected chi connectivity index (χ2v) is 6.00. The lowest BCUT2D eigenvalue weighted by Gasteiger charge is -2.05. The van der Waals surface area contributed by atoms with Gasteiger partial charge in [-0.05, 0) is 19.1 Å². The van der Waals surface area contributed by atoms with Crippen LogP contribution in [0.3, 0.4) is 0 Å². The standard InChI is InChI=1S/C10H9ClN4O4S/c1-6-4-10(13-12-6)14-20(18,19)7-2-3-8(11)9(5-7)15(16)17/h2-5H,1H3,(H2,12,13,14). The number of nitro benzene ring substituents is 1. The molecule has 2 N–H and O–H groups in total. The Morgan fingerprint density at radius 2 is 2.10 bits per heavy atom. The SMILES string of the molecule is Cc1cc(NS(=O)(=O)c2ccc(Cl)c([N+](=O)[O-])c2)n[nH]1. The van der Waals surface area contributed by atoms with E-state index in [1.54, 1.807) is 6.92 Å². The van der Waals surface area contributed by atoms with Crippen molar-refractivity contribution in [2.75, 3.05) is 4.72 Å². The summed E-state index contributed by atoms with van der Waals surface area (Å²) in [5.41, 5.74) is 0.192. The average Bonchev–Trinajstić information content (AvgIpc) is 2.73. The molecule has 0 radical (unpaired) electrons. The zero-order valence-electron chi connectivity index (χ0n) is 10.1. The van der Waals surface area contributed by atoms with Crippen molar-refractivity contribution in [1.29, 1.82) is 0 Å². The van der Waals surface area contributed by atoms with Gasteiger partial charge in [0.25, 0.3) is 15.7 Å². The summed E-state index contributed by atoms with van der Waals surface area (Å²) >= 11 is 5.63. The fourth-order valence-electron chi connectivity index (χ4n) is 1.47.